The maximum atomic E-state index is 2.48. The minimum atomic E-state index is 1.16. The first kappa shape index (κ1) is 33.9. The summed E-state index contributed by atoms with van der Waals surface area (Å²) in [6, 6.07) is 82.9. The third-order valence-corrected chi connectivity index (χ3v) is 13.1. The molecule has 1 aliphatic rings. The van der Waals surface area contributed by atoms with Crippen molar-refractivity contribution in [2.75, 3.05) is 0 Å². The molecule has 0 amide bonds. The molecule has 1 heteroatoms. The SMILES string of the molecule is c1ccc(-c2ccc3c(c2)c2cc(-c4ccccc4)ccc2n3-c2ccc3cc4c(cc3c2)-c2cc3c(-c5ccccc5)c5ccccc5c(-c5ccccc5)c3cc2-4)cc1. The highest BCUT2D eigenvalue weighted by atomic mass is 15.0. The van der Waals surface area contributed by atoms with Crippen LogP contribution in [0.5, 0.6) is 0 Å². The van der Waals surface area contributed by atoms with Gasteiger partial charge in [-0.25, -0.2) is 0 Å². The van der Waals surface area contributed by atoms with Crippen molar-refractivity contribution in [3.8, 4) is 72.4 Å². The van der Waals surface area contributed by atoms with Gasteiger partial charge in [0.25, 0.3) is 0 Å². The molecule has 11 aromatic carbocycles. The lowest BCUT2D eigenvalue weighted by Gasteiger charge is -2.28. The van der Waals surface area contributed by atoms with Crippen LogP contribution in [0.2, 0.25) is 0 Å². The topological polar surface area (TPSA) is 4.93 Å². The van der Waals surface area contributed by atoms with E-state index in [1.165, 1.54) is 121 Å². The first-order valence-corrected chi connectivity index (χ1v) is 21.2. The number of rotatable bonds is 5. The van der Waals surface area contributed by atoms with Gasteiger partial charge >= 0.3 is 0 Å². The Balaban J connectivity index is 1.01. The second-order valence-electron chi connectivity index (χ2n) is 16.4. The molecular formula is C60H37N. The molecule has 0 unspecified atom stereocenters. The standard InChI is InChI=1S/C60H37N/c1-5-15-38(16-6-1)42-26-29-57-53(33-42)54-34-43(39-17-7-2-8-18-39)27-30-58(54)61(57)46-28-25-44-32-49-50(35-45(44)31-46)52-37-56-55(36-51(49)52)59(40-19-9-3-10-20-40)47-23-13-14-24-48(47)60(56)41-21-11-4-12-22-41/h1-37H. The van der Waals surface area contributed by atoms with Gasteiger partial charge in [-0.3, -0.25) is 0 Å². The Labute approximate surface area is 354 Å². The maximum Gasteiger partial charge on any atom is 0.0541 e. The fourth-order valence-electron chi connectivity index (χ4n) is 10.2. The number of nitrogens with zero attached hydrogens (tertiary/aromatic N) is 1. The van der Waals surface area contributed by atoms with Gasteiger partial charge in [0.15, 0.2) is 0 Å². The smallest absolute Gasteiger partial charge is 0.0541 e. The summed E-state index contributed by atoms with van der Waals surface area (Å²) >= 11 is 0. The first-order valence-electron chi connectivity index (χ1n) is 21.2. The number of hydrogen-bond donors (Lipinski definition) is 0. The van der Waals surface area contributed by atoms with Crippen LogP contribution >= 0.6 is 0 Å². The van der Waals surface area contributed by atoms with Crippen molar-refractivity contribution in [3.05, 3.63) is 224 Å². The second kappa shape index (κ2) is 13.3. The van der Waals surface area contributed by atoms with Gasteiger partial charge in [0.2, 0.25) is 0 Å². The van der Waals surface area contributed by atoms with Gasteiger partial charge in [-0.15, -0.1) is 0 Å². The minimum absolute atomic E-state index is 1.16. The summed E-state index contributed by atoms with van der Waals surface area (Å²) in [6.45, 7) is 0. The van der Waals surface area contributed by atoms with E-state index < -0.39 is 0 Å². The molecule has 1 aliphatic carbocycles. The van der Waals surface area contributed by atoms with Gasteiger partial charge in [0, 0.05) is 16.5 Å². The van der Waals surface area contributed by atoms with Gasteiger partial charge in [-0.1, -0.05) is 164 Å². The van der Waals surface area contributed by atoms with E-state index in [-0.39, 0.29) is 0 Å². The van der Waals surface area contributed by atoms with Crippen LogP contribution in [0.1, 0.15) is 0 Å². The molecule has 0 saturated carbocycles. The van der Waals surface area contributed by atoms with E-state index in [0.29, 0.717) is 0 Å². The molecule has 61 heavy (non-hydrogen) atoms. The normalized spacial score (nSPS) is 11.9. The Kier molecular flexibility index (Phi) is 7.37. The third kappa shape index (κ3) is 5.21. The van der Waals surface area contributed by atoms with Crippen LogP contribution in [0.15, 0.2) is 224 Å². The van der Waals surface area contributed by atoms with Crippen molar-refractivity contribution < 1.29 is 0 Å². The van der Waals surface area contributed by atoms with Crippen molar-refractivity contribution in [2.45, 2.75) is 0 Å². The van der Waals surface area contributed by atoms with Crippen LogP contribution in [-0.4, -0.2) is 4.57 Å². The lowest BCUT2D eigenvalue weighted by molar-refractivity contribution is 1.19. The Morgan fingerprint density at radius 1 is 0.230 bits per heavy atom. The maximum absolute atomic E-state index is 2.48. The summed E-state index contributed by atoms with van der Waals surface area (Å²) in [5, 5.41) is 10.1. The molecule has 0 N–H and O–H groups in total. The molecule has 1 heterocycles. The molecule has 282 valence electrons. The monoisotopic (exact) mass is 771 g/mol. The first-order chi connectivity index (χ1) is 30.2. The fraction of sp³-hybridized carbons (Fsp3) is 0. The summed E-state index contributed by atoms with van der Waals surface area (Å²) in [5.41, 5.74) is 18.8. The summed E-state index contributed by atoms with van der Waals surface area (Å²) in [4.78, 5) is 0. The van der Waals surface area contributed by atoms with Crippen molar-refractivity contribution in [1.29, 1.82) is 0 Å². The molecule has 0 aliphatic heterocycles. The molecule has 13 rings (SSSR count). The number of aromatic nitrogens is 1. The largest absolute Gasteiger partial charge is 0.309 e. The van der Waals surface area contributed by atoms with Crippen LogP contribution < -0.4 is 0 Å². The van der Waals surface area contributed by atoms with Crippen LogP contribution in [-0.2, 0) is 0 Å². The highest BCUT2D eigenvalue weighted by Crippen LogP contribution is 2.54. The van der Waals surface area contributed by atoms with E-state index in [4.69, 9.17) is 0 Å². The summed E-state index contributed by atoms with van der Waals surface area (Å²) in [7, 11) is 0. The van der Waals surface area contributed by atoms with Gasteiger partial charge < -0.3 is 4.57 Å². The molecule has 1 nitrogen and oxygen atoms in total. The molecular weight excluding hydrogens is 735 g/mol. The second-order valence-corrected chi connectivity index (χ2v) is 16.4. The molecule has 12 aromatic rings. The summed E-state index contributed by atoms with van der Waals surface area (Å²) in [5.74, 6) is 0. The van der Waals surface area contributed by atoms with Crippen LogP contribution in [0.4, 0.5) is 0 Å². The van der Waals surface area contributed by atoms with Gasteiger partial charge in [0.05, 0.1) is 11.0 Å². The summed E-state index contributed by atoms with van der Waals surface area (Å²) < 4.78 is 2.46. The molecule has 0 atom stereocenters. The average Bonchev–Trinajstić information content (AvgIpc) is 3.66. The predicted molar refractivity (Wildman–Crippen MR) is 259 cm³/mol. The Morgan fingerprint density at radius 3 is 1.11 bits per heavy atom. The lowest BCUT2D eigenvalue weighted by Crippen LogP contribution is -2.01. The predicted octanol–water partition coefficient (Wildman–Crippen LogP) is 16.6. The molecule has 1 aromatic heterocycles. The van der Waals surface area contributed by atoms with E-state index >= 15 is 0 Å². The molecule has 0 fully saturated rings. The lowest BCUT2D eigenvalue weighted by atomic mass is 9.75. The van der Waals surface area contributed by atoms with E-state index in [9.17, 15) is 0 Å². The van der Waals surface area contributed by atoms with Crippen LogP contribution in [0.3, 0.4) is 0 Å². The number of fused-ring (bicyclic) bond motifs is 10. The zero-order valence-electron chi connectivity index (χ0n) is 33.3. The molecule has 0 saturated heterocycles. The quantitative estimate of drug-likeness (QED) is 0.154. The van der Waals surface area contributed by atoms with E-state index in [0.717, 1.165) is 5.69 Å². The molecule has 0 spiro atoms. The van der Waals surface area contributed by atoms with E-state index in [1.54, 1.807) is 0 Å². The van der Waals surface area contributed by atoms with Crippen molar-refractivity contribution in [2.24, 2.45) is 0 Å². The van der Waals surface area contributed by atoms with E-state index in [2.05, 4.69) is 229 Å². The number of hydrogen-bond acceptors (Lipinski definition) is 0. The zero-order valence-corrected chi connectivity index (χ0v) is 33.3. The Bertz CT molecular complexity index is 3610. The highest BCUT2D eigenvalue weighted by Gasteiger charge is 2.27. The Hall–Kier alpha value is -8.00. The number of benzene rings is 11. The van der Waals surface area contributed by atoms with Gasteiger partial charge in [-0.2, -0.15) is 0 Å². The van der Waals surface area contributed by atoms with Crippen molar-refractivity contribution in [3.63, 3.8) is 0 Å². The third-order valence-electron chi connectivity index (χ3n) is 13.1. The zero-order chi connectivity index (χ0) is 40.0. The van der Waals surface area contributed by atoms with Crippen molar-refractivity contribution >= 4 is 54.1 Å². The average molecular weight is 772 g/mol. The van der Waals surface area contributed by atoms with Gasteiger partial charge in [-0.05, 0) is 160 Å². The Morgan fingerprint density at radius 2 is 0.639 bits per heavy atom. The van der Waals surface area contributed by atoms with Crippen LogP contribution in [0, 0.1) is 0 Å². The molecule has 0 bridgehead atoms. The van der Waals surface area contributed by atoms with Crippen LogP contribution in [0.25, 0.3) is 127 Å². The summed E-state index contributed by atoms with van der Waals surface area (Å²) in [6.07, 6.45) is 0. The molecule has 0 radical (unpaired) electrons. The minimum Gasteiger partial charge on any atom is -0.309 e. The van der Waals surface area contributed by atoms with Crippen molar-refractivity contribution in [1.82, 2.24) is 4.57 Å². The fourth-order valence-corrected chi connectivity index (χ4v) is 10.2. The van der Waals surface area contributed by atoms with E-state index in [1.807, 2.05) is 0 Å². The highest BCUT2D eigenvalue weighted by molar-refractivity contribution is 6.25. The van der Waals surface area contributed by atoms with Gasteiger partial charge in [0.1, 0.15) is 0 Å².